The first-order valence-electron chi connectivity index (χ1n) is 11.0. The number of hydrogen-bond donors (Lipinski definition) is 2. The maximum atomic E-state index is 12.6. The first-order valence-corrected chi connectivity index (χ1v) is 11.0. The molecule has 0 bridgehead atoms. The number of piperidine rings is 1. The van der Waals surface area contributed by atoms with Crippen LogP contribution in [-0.4, -0.2) is 82.4 Å². The zero-order chi connectivity index (χ0) is 21.8. The molecule has 3 heterocycles. The number of carbonyl (C=O) groups is 2. The van der Waals surface area contributed by atoms with Gasteiger partial charge in [-0.15, -0.1) is 0 Å². The minimum absolute atomic E-state index is 0.0126. The van der Waals surface area contributed by atoms with Crippen molar-refractivity contribution >= 4 is 17.6 Å². The second-order valence-electron chi connectivity index (χ2n) is 8.56. The molecule has 2 saturated heterocycles. The summed E-state index contributed by atoms with van der Waals surface area (Å²) in [5.74, 6) is 0.205. The molecule has 1 aromatic heterocycles. The van der Waals surface area contributed by atoms with Crippen LogP contribution in [0.15, 0.2) is 11.0 Å². The molecule has 2 N–H and O–H groups in total. The molecule has 9 heteroatoms. The van der Waals surface area contributed by atoms with Crippen LogP contribution >= 0.6 is 0 Å². The lowest BCUT2D eigenvalue weighted by atomic mass is 9.98. The van der Waals surface area contributed by atoms with Crippen molar-refractivity contribution in [3.63, 3.8) is 0 Å². The first-order chi connectivity index (χ1) is 14.3. The van der Waals surface area contributed by atoms with Crippen LogP contribution in [0.25, 0.3) is 0 Å². The summed E-state index contributed by atoms with van der Waals surface area (Å²) in [6, 6.07) is 0.792. The molecule has 0 radical (unpaired) electrons. The Labute approximate surface area is 177 Å². The smallest absolute Gasteiger partial charge is 0.291 e. The zero-order valence-electron chi connectivity index (χ0n) is 18.5. The zero-order valence-corrected chi connectivity index (χ0v) is 18.5. The lowest BCUT2D eigenvalue weighted by Crippen LogP contribution is -2.59. The van der Waals surface area contributed by atoms with Crippen molar-refractivity contribution in [3.8, 4) is 0 Å². The number of H-pyrrole nitrogens is 1. The largest absolute Gasteiger partial charge is 0.349 e. The summed E-state index contributed by atoms with van der Waals surface area (Å²) in [6.07, 6.45) is 4.42. The molecule has 9 nitrogen and oxygen atoms in total. The summed E-state index contributed by atoms with van der Waals surface area (Å²) in [4.78, 5) is 49.8. The number of carbonyl (C=O) groups excluding carboxylic acids is 2. The van der Waals surface area contributed by atoms with E-state index in [1.54, 1.807) is 6.92 Å². The normalized spacial score (nSPS) is 21.2. The van der Waals surface area contributed by atoms with Crippen molar-refractivity contribution in [2.75, 3.05) is 37.6 Å². The van der Waals surface area contributed by atoms with E-state index in [0.29, 0.717) is 17.9 Å². The van der Waals surface area contributed by atoms with Gasteiger partial charge in [0.25, 0.3) is 11.5 Å². The topological polar surface area (TPSA) is 102 Å². The third kappa shape index (κ3) is 5.00. The molecule has 1 unspecified atom stereocenters. The Kier molecular flexibility index (Phi) is 7.12. The highest BCUT2D eigenvalue weighted by Gasteiger charge is 2.34. The Balaban J connectivity index is 1.66. The van der Waals surface area contributed by atoms with Crippen LogP contribution in [0.4, 0.5) is 5.82 Å². The molecule has 0 spiro atoms. The highest BCUT2D eigenvalue weighted by molar-refractivity contribution is 5.92. The molecule has 2 aliphatic heterocycles. The van der Waals surface area contributed by atoms with E-state index < -0.39 is 0 Å². The first kappa shape index (κ1) is 22.3. The van der Waals surface area contributed by atoms with Crippen LogP contribution in [0.1, 0.15) is 57.4 Å². The van der Waals surface area contributed by atoms with Crippen LogP contribution in [0.3, 0.4) is 0 Å². The van der Waals surface area contributed by atoms with Crippen molar-refractivity contribution in [1.29, 1.82) is 0 Å². The second kappa shape index (κ2) is 9.59. The average molecular weight is 419 g/mol. The van der Waals surface area contributed by atoms with Gasteiger partial charge in [-0.05, 0) is 33.1 Å². The summed E-state index contributed by atoms with van der Waals surface area (Å²) in [7, 11) is 0. The monoisotopic (exact) mass is 418 g/mol. The Bertz CT molecular complexity index is 815. The molecular formula is C21H34N6O3. The summed E-state index contributed by atoms with van der Waals surface area (Å²) < 4.78 is 0. The quantitative estimate of drug-likeness (QED) is 0.734. The molecular weight excluding hydrogens is 384 g/mol. The maximum absolute atomic E-state index is 12.6. The fraction of sp³-hybridized carbons (Fsp3) is 0.714. The summed E-state index contributed by atoms with van der Waals surface area (Å²) in [6.45, 7) is 11.5. The Morgan fingerprint density at radius 3 is 2.50 bits per heavy atom. The number of aromatic amines is 1. The molecule has 1 atom stereocenters. The number of hydrogen-bond acceptors (Lipinski definition) is 6. The van der Waals surface area contributed by atoms with Gasteiger partial charge in [0, 0.05) is 57.8 Å². The number of aromatic nitrogens is 2. The van der Waals surface area contributed by atoms with E-state index in [2.05, 4.69) is 27.1 Å². The number of rotatable bonds is 5. The van der Waals surface area contributed by atoms with Gasteiger partial charge in [-0.2, -0.15) is 0 Å². The van der Waals surface area contributed by atoms with Gasteiger partial charge in [-0.3, -0.25) is 19.3 Å². The Morgan fingerprint density at radius 2 is 1.93 bits per heavy atom. The molecule has 3 rings (SSSR count). The van der Waals surface area contributed by atoms with E-state index in [0.717, 1.165) is 52.0 Å². The van der Waals surface area contributed by atoms with E-state index in [1.807, 2.05) is 23.6 Å². The molecule has 30 heavy (non-hydrogen) atoms. The molecule has 166 valence electrons. The third-order valence-electron chi connectivity index (χ3n) is 6.11. The summed E-state index contributed by atoms with van der Waals surface area (Å²) in [5.41, 5.74) is -0.148. The van der Waals surface area contributed by atoms with E-state index >= 15 is 0 Å². The molecule has 2 fully saturated rings. The average Bonchev–Trinajstić information content (AvgIpc) is 2.72. The number of nitrogens with zero attached hydrogens (tertiary/aromatic N) is 4. The predicted octanol–water partition coefficient (Wildman–Crippen LogP) is 0.820. The number of piperazine rings is 1. The fourth-order valence-corrected chi connectivity index (χ4v) is 4.49. The van der Waals surface area contributed by atoms with Crippen molar-refractivity contribution in [1.82, 2.24) is 25.1 Å². The number of amides is 2. The highest BCUT2D eigenvalue weighted by atomic mass is 16.2. The molecule has 0 aliphatic carbocycles. The van der Waals surface area contributed by atoms with Gasteiger partial charge in [0.2, 0.25) is 5.91 Å². The van der Waals surface area contributed by atoms with Gasteiger partial charge in [0.05, 0.1) is 6.20 Å². The van der Waals surface area contributed by atoms with Crippen molar-refractivity contribution in [3.05, 3.63) is 22.2 Å². The Hall–Kier alpha value is -2.42. The Morgan fingerprint density at radius 1 is 1.23 bits per heavy atom. The van der Waals surface area contributed by atoms with Gasteiger partial charge < -0.3 is 20.1 Å². The molecule has 2 amide bonds. The molecule has 0 aromatic carbocycles. The number of anilines is 1. The van der Waals surface area contributed by atoms with Gasteiger partial charge in [0.15, 0.2) is 5.82 Å². The highest BCUT2D eigenvalue weighted by Crippen LogP contribution is 2.24. The van der Waals surface area contributed by atoms with Crippen LogP contribution in [0.5, 0.6) is 0 Å². The van der Waals surface area contributed by atoms with E-state index in [1.165, 1.54) is 6.20 Å². The van der Waals surface area contributed by atoms with E-state index in [4.69, 9.17) is 0 Å². The standard InChI is InChI=1S/C21H34N6O3/c1-5-16-13-26(10-11-27(16)17-6-8-25(9-7-17)15(4)28)19-21(30)24-18(12-22-19)20(29)23-14(2)3/h12,14,16-17H,5-11,13H2,1-4H3,(H,23,29)(H,24,30). The predicted molar refractivity (Wildman–Crippen MR) is 116 cm³/mol. The summed E-state index contributed by atoms with van der Waals surface area (Å²) >= 11 is 0. The van der Waals surface area contributed by atoms with E-state index in [-0.39, 0.29) is 29.1 Å². The minimum Gasteiger partial charge on any atom is -0.349 e. The minimum atomic E-state index is -0.329. The van der Waals surface area contributed by atoms with Gasteiger partial charge >= 0.3 is 0 Å². The second-order valence-corrected chi connectivity index (χ2v) is 8.56. The maximum Gasteiger partial charge on any atom is 0.291 e. The van der Waals surface area contributed by atoms with Crippen LogP contribution in [0, 0.1) is 0 Å². The van der Waals surface area contributed by atoms with Gasteiger partial charge in [-0.1, -0.05) is 6.92 Å². The van der Waals surface area contributed by atoms with Crippen molar-refractivity contribution in [2.45, 2.75) is 65.1 Å². The van der Waals surface area contributed by atoms with Crippen molar-refractivity contribution < 1.29 is 9.59 Å². The number of likely N-dealkylation sites (tertiary alicyclic amines) is 1. The third-order valence-corrected chi connectivity index (χ3v) is 6.11. The number of nitrogens with one attached hydrogen (secondary N) is 2. The summed E-state index contributed by atoms with van der Waals surface area (Å²) in [5, 5.41) is 2.76. The molecule has 0 saturated carbocycles. The van der Waals surface area contributed by atoms with Crippen molar-refractivity contribution in [2.24, 2.45) is 0 Å². The lowest BCUT2D eigenvalue weighted by molar-refractivity contribution is -0.130. The lowest BCUT2D eigenvalue weighted by Gasteiger charge is -2.47. The van der Waals surface area contributed by atoms with Gasteiger partial charge in [-0.25, -0.2) is 4.98 Å². The SMILES string of the molecule is CCC1CN(c2ncc(C(=O)NC(C)C)[nH]c2=O)CCN1C1CCN(C(C)=O)CC1. The van der Waals surface area contributed by atoms with E-state index in [9.17, 15) is 14.4 Å². The molecule has 2 aliphatic rings. The van der Waals surface area contributed by atoms with Gasteiger partial charge in [0.1, 0.15) is 5.69 Å². The van der Waals surface area contributed by atoms with Crippen LogP contribution < -0.4 is 15.8 Å². The molecule has 1 aromatic rings. The van der Waals surface area contributed by atoms with Crippen LogP contribution in [0.2, 0.25) is 0 Å². The fourth-order valence-electron chi connectivity index (χ4n) is 4.49. The van der Waals surface area contributed by atoms with Crippen LogP contribution in [-0.2, 0) is 4.79 Å².